The molecule has 1 aromatic carbocycles. The van der Waals surface area contributed by atoms with Crippen LogP contribution in [0.5, 0.6) is 5.75 Å². The van der Waals surface area contributed by atoms with Gasteiger partial charge in [-0.25, -0.2) is 4.39 Å². The fraction of sp³-hybridized carbons (Fsp3) is 0.538. The van der Waals surface area contributed by atoms with E-state index < -0.39 is 11.9 Å². The SMILES string of the molecule is C[C@H](O)c1ccc(OCC2CCC2)cc1F. The van der Waals surface area contributed by atoms with E-state index in [2.05, 4.69) is 0 Å². The Morgan fingerprint density at radius 1 is 1.50 bits per heavy atom. The Balaban J connectivity index is 1.97. The first-order valence-electron chi connectivity index (χ1n) is 5.77. The van der Waals surface area contributed by atoms with Crippen molar-refractivity contribution in [3.05, 3.63) is 29.6 Å². The van der Waals surface area contributed by atoms with Gasteiger partial charge in [0.2, 0.25) is 0 Å². The summed E-state index contributed by atoms with van der Waals surface area (Å²) in [5.41, 5.74) is 0.316. The van der Waals surface area contributed by atoms with E-state index in [0.29, 0.717) is 23.8 Å². The van der Waals surface area contributed by atoms with Gasteiger partial charge >= 0.3 is 0 Å². The van der Waals surface area contributed by atoms with Gasteiger partial charge in [-0.15, -0.1) is 0 Å². The predicted octanol–water partition coefficient (Wildman–Crippen LogP) is 3.06. The van der Waals surface area contributed by atoms with Crippen LogP contribution in [-0.4, -0.2) is 11.7 Å². The van der Waals surface area contributed by atoms with Crippen molar-refractivity contribution < 1.29 is 14.2 Å². The van der Waals surface area contributed by atoms with Crippen LogP contribution >= 0.6 is 0 Å². The van der Waals surface area contributed by atoms with Crippen molar-refractivity contribution in [2.24, 2.45) is 5.92 Å². The summed E-state index contributed by atoms with van der Waals surface area (Å²) in [6.07, 6.45) is 2.94. The van der Waals surface area contributed by atoms with Gasteiger partial charge < -0.3 is 9.84 Å². The molecule has 88 valence electrons. The number of aliphatic hydroxyl groups excluding tert-OH is 1. The van der Waals surface area contributed by atoms with E-state index in [1.54, 1.807) is 19.1 Å². The fourth-order valence-electron chi connectivity index (χ4n) is 1.81. The highest BCUT2D eigenvalue weighted by atomic mass is 19.1. The van der Waals surface area contributed by atoms with Gasteiger partial charge in [0.15, 0.2) is 0 Å². The lowest BCUT2D eigenvalue weighted by Gasteiger charge is -2.25. The number of rotatable bonds is 4. The minimum atomic E-state index is -0.777. The predicted molar refractivity (Wildman–Crippen MR) is 59.9 cm³/mol. The molecule has 0 amide bonds. The van der Waals surface area contributed by atoms with Crippen LogP contribution in [0.3, 0.4) is 0 Å². The largest absolute Gasteiger partial charge is 0.493 e. The van der Waals surface area contributed by atoms with Crippen LogP contribution in [0.4, 0.5) is 4.39 Å². The van der Waals surface area contributed by atoms with Crippen molar-refractivity contribution in [1.29, 1.82) is 0 Å². The van der Waals surface area contributed by atoms with Gasteiger partial charge in [0.05, 0.1) is 12.7 Å². The molecule has 0 aliphatic heterocycles. The van der Waals surface area contributed by atoms with Crippen molar-refractivity contribution in [3.8, 4) is 5.75 Å². The zero-order valence-corrected chi connectivity index (χ0v) is 9.45. The molecular formula is C13H17FO2. The van der Waals surface area contributed by atoms with Crippen LogP contribution in [0.15, 0.2) is 18.2 Å². The van der Waals surface area contributed by atoms with Crippen molar-refractivity contribution in [1.82, 2.24) is 0 Å². The van der Waals surface area contributed by atoms with E-state index in [0.717, 1.165) is 0 Å². The smallest absolute Gasteiger partial charge is 0.132 e. The maximum atomic E-state index is 13.5. The van der Waals surface area contributed by atoms with Crippen LogP contribution in [0.2, 0.25) is 0 Å². The van der Waals surface area contributed by atoms with Crippen molar-refractivity contribution in [2.75, 3.05) is 6.61 Å². The van der Waals surface area contributed by atoms with Gasteiger partial charge in [-0.2, -0.15) is 0 Å². The van der Waals surface area contributed by atoms with Gasteiger partial charge in [0, 0.05) is 11.6 Å². The minimum absolute atomic E-state index is 0.316. The molecule has 0 aromatic heterocycles. The van der Waals surface area contributed by atoms with Crippen molar-refractivity contribution in [3.63, 3.8) is 0 Å². The number of ether oxygens (including phenoxy) is 1. The third kappa shape index (κ3) is 2.53. The lowest BCUT2D eigenvalue weighted by Crippen LogP contribution is -2.19. The Labute approximate surface area is 95.1 Å². The average molecular weight is 224 g/mol. The molecule has 1 N–H and O–H groups in total. The van der Waals surface area contributed by atoms with Crippen LogP contribution in [0, 0.1) is 11.7 Å². The molecule has 1 saturated carbocycles. The third-order valence-electron chi connectivity index (χ3n) is 3.13. The van der Waals surface area contributed by atoms with Gasteiger partial charge in [-0.1, -0.05) is 6.42 Å². The molecule has 0 heterocycles. The molecule has 0 saturated heterocycles. The number of benzene rings is 1. The molecule has 0 bridgehead atoms. The van der Waals surface area contributed by atoms with E-state index in [-0.39, 0.29) is 0 Å². The Morgan fingerprint density at radius 3 is 2.75 bits per heavy atom. The standard InChI is InChI=1S/C13H17FO2/c1-9(15)12-6-5-11(7-13(12)14)16-8-10-3-2-4-10/h5-7,9-10,15H,2-4,8H2,1H3/t9-/m0/s1. The second-order valence-corrected chi connectivity index (χ2v) is 4.47. The molecule has 1 aromatic rings. The van der Waals surface area contributed by atoms with Crippen LogP contribution in [0.1, 0.15) is 37.9 Å². The molecule has 2 nitrogen and oxygen atoms in total. The van der Waals surface area contributed by atoms with E-state index in [4.69, 9.17) is 4.74 Å². The molecule has 0 spiro atoms. The van der Waals surface area contributed by atoms with Crippen molar-refractivity contribution >= 4 is 0 Å². The second-order valence-electron chi connectivity index (χ2n) is 4.47. The number of aliphatic hydroxyl groups is 1. The summed E-state index contributed by atoms with van der Waals surface area (Å²) < 4.78 is 19.0. The summed E-state index contributed by atoms with van der Waals surface area (Å²) in [5, 5.41) is 9.28. The van der Waals surface area contributed by atoms with E-state index in [1.165, 1.54) is 25.3 Å². The highest BCUT2D eigenvalue weighted by Crippen LogP contribution is 2.28. The lowest BCUT2D eigenvalue weighted by molar-refractivity contribution is 0.178. The zero-order chi connectivity index (χ0) is 11.5. The maximum Gasteiger partial charge on any atom is 0.132 e. The third-order valence-corrected chi connectivity index (χ3v) is 3.13. The lowest BCUT2D eigenvalue weighted by atomic mass is 9.86. The second kappa shape index (κ2) is 4.83. The molecule has 16 heavy (non-hydrogen) atoms. The molecule has 1 fully saturated rings. The molecular weight excluding hydrogens is 207 g/mol. The van der Waals surface area contributed by atoms with Gasteiger partial charge in [-0.05, 0) is 37.8 Å². The quantitative estimate of drug-likeness (QED) is 0.851. The number of hydrogen-bond acceptors (Lipinski definition) is 2. The fourth-order valence-corrected chi connectivity index (χ4v) is 1.81. The van der Waals surface area contributed by atoms with E-state index >= 15 is 0 Å². The molecule has 1 atom stereocenters. The summed E-state index contributed by atoms with van der Waals surface area (Å²) >= 11 is 0. The molecule has 3 heteroatoms. The van der Waals surface area contributed by atoms with E-state index in [1.807, 2.05) is 0 Å². The number of hydrogen-bond donors (Lipinski definition) is 1. The summed E-state index contributed by atoms with van der Waals surface area (Å²) in [6.45, 7) is 2.22. The Morgan fingerprint density at radius 2 is 2.25 bits per heavy atom. The Bertz CT molecular complexity index is 359. The zero-order valence-electron chi connectivity index (χ0n) is 9.45. The first kappa shape index (κ1) is 11.4. The highest BCUT2D eigenvalue weighted by molar-refractivity contribution is 5.30. The summed E-state index contributed by atoms with van der Waals surface area (Å²) in [7, 11) is 0. The first-order valence-corrected chi connectivity index (χ1v) is 5.77. The Kier molecular flexibility index (Phi) is 3.44. The topological polar surface area (TPSA) is 29.5 Å². The highest BCUT2D eigenvalue weighted by Gasteiger charge is 2.18. The van der Waals surface area contributed by atoms with Crippen LogP contribution < -0.4 is 4.74 Å². The van der Waals surface area contributed by atoms with Crippen molar-refractivity contribution in [2.45, 2.75) is 32.3 Å². The molecule has 0 unspecified atom stereocenters. The molecule has 1 aliphatic carbocycles. The van der Waals surface area contributed by atoms with E-state index in [9.17, 15) is 9.50 Å². The monoisotopic (exact) mass is 224 g/mol. The molecule has 0 radical (unpaired) electrons. The summed E-state index contributed by atoms with van der Waals surface area (Å²) in [5.74, 6) is 0.786. The van der Waals surface area contributed by atoms with Crippen LogP contribution in [0.25, 0.3) is 0 Å². The van der Waals surface area contributed by atoms with Gasteiger partial charge in [0.1, 0.15) is 11.6 Å². The minimum Gasteiger partial charge on any atom is -0.493 e. The molecule has 2 rings (SSSR count). The summed E-state index contributed by atoms with van der Waals surface area (Å²) in [4.78, 5) is 0. The number of halogens is 1. The maximum absolute atomic E-state index is 13.5. The van der Waals surface area contributed by atoms with Crippen LogP contribution in [-0.2, 0) is 0 Å². The Hall–Kier alpha value is -1.09. The summed E-state index contributed by atoms with van der Waals surface area (Å²) in [6, 6.07) is 4.64. The van der Waals surface area contributed by atoms with Gasteiger partial charge in [0.25, 0.3) is 0 Å². The van der Waals surface area contributed by atoms with Gasteiger partial charge in [-0.3, -0.25) is 0 Å². The average Bonchev–Trinajstić information content (AvgIpc) is 2.14. The normalized spacial score (nSPS) is 17.9. The first-order chi connectivity index (χ1) is 7.66. The molecule has 1 aliphatic rings.